The number of rotatable bonds is 3. The molecule has 0 aliphatic carbocycles. The highest BCUT2D eigenvalue weighted by Crippen LogP contribution is 2.19. The first-order chi connectivity index (χ1) is 9.08. The van der Waals surface area contributed by atoms with Crippen LogP contribution < -0.4 is 5.32 Å². The Morgan fingerprint density at radius 1 is 1.37 bits per heavy atom. The molecule has 0 fully saturated rings. The van der Waals surface area contributed by atoms with E-state index in [1.807, 2.05) is 6.07 Å². The van der Waals surface area contributed by atoms with Gasteiger partial charge in [-0.2, -0.15) is 0 Å². The molecule has 19 heavy (non-hydrogen) atoms. The average molecular weight is 260 g/mol. The molecule has 0 saturated carbocycles. The number of amides is 1. The van der Waals surface area contributed by atoms with E-state index in [1.165, 1.54) is 0 Å². The van der Waals surface area contributed by atoms with E-state index in [4.69, 9.17) is 0 Å². The van der Waals surface area contributed by atoms with E-state index in [9.17, 15) is 14.3 Å². The van der Waals surface area contributed by atoms with Gasteiger partial charge in [0.25, 0.3) is 5.91 Å². The van der Waals surface area contributed by atoms with Gasteiger partial charge < -0.3 is 10.4 Å². The summed E-state index contributed by atoms with van der Waals surface area (Å²) >= 11 is 0. The van der Waals surface area contributed by atoms with Gasteiger partial charge in [0.15, 0.2) is 0 Å². The van der Waals surface area contributed by atoms with Crippen molar-refractivity contribution in [3.8, 4) is 5.75 Å². The average Bonchev–Trinajstić information content (AvgIpc) is 2.42. The highest BCUT2D eigenvalue weighted by atomic mass is 19.1. The van der Waals surface area contributed by atoms with Crippen LogP contribution in [0.15, 0.2) is 42.6 Å². The molecule has 5 heteroatoms. The van der Waals surface area contributed by atoms with Crippen molar-refractivity contribution in [1.82, 2.24) is 10.3 Å². The molecule has 0 aliphatic heterocycles. The van der Waals surface area contributed by atoms with Gasteiger partial charge in [-0.15, -0.1) is 0 Å². The fourth-order valence-electron chi connectivity index (χ4n) is 1.67. The second-order valence-corrected chi connectivity index (χ2v) is 4.11. The minimum absolute atomic E-state index is 0.0946. The lowest BCUT2D eigenvalue weighted by Crippen LogP contribution is -2.27. The number of nitrogens with one attached hydrogen (secondary N) is 1. The molecule has 2 N–H and O–H groups in total. The van der Waals surface area contributed by atoms with E-state index < -0.39 is 11.7 Å². The van der Waals surface area contributed by atoms with Crippen LogP contribution in [0, 0.1) is 5.82 Å². The summed E-state index contributed by atoms with van der Waals surface area (Å²) in [5.41, 5.74) is 0.592. The minimum Gasteiger partial charge on any atom is -0.507 e. The highest BCUT2D eigenvalue weighted by Gasteiger charge is 2.15. The van der Waals surface area contributed by atoms with Gasteiger partial charge in [-0.3, -0.25) is 9.78 Å². The zero-order valence-electron chi connectivity index (χ0n) is 10.3. The highest BCUT2D eigenvalue weighted by molar-refractivity contribution is 5.97. The summed E-state index contributed by atoms with van der Waals surface area (Å²) in [6, 6.07) is 8.26. The van der Waals surface area contributed by atoms with Crippen LogP contribution in [0.25, 0.3) is 0 Å². The van der Waals surface area contributed by atoms with Gasteiger partial charge in [0.2, 0.25) is 0 Å². The van der Waals surface area contributed by atoms with Gasteiger partial charge in [-0.25, -0.2) is 4.39 Å². The van der Waals surface area contributed by atoms with E-state index >= 15 is 0 Å². The Labute approximate surface area is 109 Å². The van der Waals surface area contributed by atoms with Crippen molar-refractivity contribution in [2.45, 2.75) is 13.0 Å². The third-order valence-electron chi connectivity index (χ3n) is 2.68. The molecule has 0 radical (unpaired) electrons. The molecular weight excluding hydrogens is 247 g/mol. The lowest BCUT2D eigenvalue weighted by Gasteiger charge is -2.13. The molecule has 2 aromatic rings. The smallest absolute Gasteiger partial charge is 0.255 e. The molecule has 1 heterocycles. The number of nitrogens with zero attached hydrogens (tertiary/aromatic N) is 1. The van der Waals surface area contributed by atoms with E-state index in [-0.39, 0.29) is 17.4 Å². The number of pyridine rings is 1. The first kappa shape index (κ1) is 13.0. The summed E-state index contributed by atoms with van der Waals surface area (Å²) in [6.45, 7) is 1.76. The second-order valence-electron chi connectivity index (χ2n) is 4.11. The normalized spacial score (nSPS) is 11.9. The van der Waals surface area contributed by atoms with Crippen LogP contribution in [0.3, 0.4) is 0 Å². The Bertz CT molecular complexity index is 587. The molecule has 0 aliphatic rings. The van der Waals surface area contributed by atoms with Crippen LogP contribution in [0.1, 0.15) is 29.0 Å². The third kappa shape index (κ3) is 3.07. The summed E-state index contributed by atoms with van der Waals surface area (Å²) in [7, 11) is 0. The Morgan fingerprint density at radius 3 is 2.84 bits per heavy atom. The van der Waals surface area contributed by atoms with Gasteiger partial charge >= 0.3 is 0 Å². The Balaban J connectivity index is 2.15. The molecule has 0 spiro atoms. The van der Waals surface area contributed by atoms with Crippen molar-refractivity contribution in [2.75, 3.05) is 0 Å². The molecular formula is C14H13FN2O2. The molecule has 1 unspecified atom stereocenters. The van der Waals surface area contributed by atoms with E-state index in [0.29, 0.717) is 5.69 Å². The van der Waals surface area contributed by atoms with Gasteiger partial charge in [0.1, 0.15) is 11.6 Å². The molecule has 1 aromatic heterocycles. The number of carbonyl (C=O) groups is 1. The lowest BCUT2D eigenvalue weighted by molar-refractivity contribution is 0.0936. The van der Waals surface area contributed by atoms with E-state index in [0.717, 1.165) is 18.2 Å². The Kier molecular flexibility index (Phi) is 3.75. The van der Waals surface area contributed by atoms with Crippen molar-refractivity contribution >= 4 is 5.91 Å². The standard InChI is InChI=1S/C14H13FN2O2/c1-9(12-4-2-3-7-16-12)17-14(19)11-8-10(15)5-6-13(11)18/h2-9,18H,1H3,(H,17,19). The van der Waals surface area contributed by atoms with Crippen LogP contribution in [0.4, 0.5) is 4.39 Å². The first-order valence-corrected chi connectivity index (χ1v) is 5.78. The summed E-state index contributed by atoms with van der Waals surface area (Å²) < 4.78 is 13.1. The predicted octanol–water partition coefficient (Wildman–Crippen LogP) is 2.42. The molecule has 1 atom stereocenters. The largest absolute Gasteiger partial charge is 0.507 e. The summed E-state index contributed by atoms with van der Waals surface area (Å²) in [4.78, 5) is 16.0. The Hall–Kier alpha value is -2.43. The number of aromatic hydroxyl groups is 1. The number of hydrogen-bond donors (Lipinski definition) is 2. The van der Waals surface area contributed by atoms with Crippen LogP contribution >= 0.6 is 0 Å². The number of carbonyl (C=O) groups excluding carboxylic acids is 1. The van der Waals surface area contributed by atoms with Gasteiger partial charge in [0.05, 0.1) is 17.3 Å². The van der Waals surface area contributed by atoms with Crippen molar-refractivity contribution in [3.05, 3.63) is 59.7 Å². The molecule has 0 bridgehead atoms. The first-order valence-electron chi connectivity index (χ1n) is 5.78. The molecule has 1 aromatic carbocycles. The fourth-order valence-corrected chi connectivity index (χ4v) is 1.67. The lowest BCUT2D eigenvalue weighted by atomic mass is 10.1. The molecule has 98 valence electrons. The number of phenolic OH excluding ortho intramolecular Hbond substituents is 1. The maximum Gasteiger partial charge on any atom is 0.255 e. The van der Waals surface area contributed by atoms with Gasteiger partial charge in [-0.05, 0) is 37.3 Å². The zero-order chi connectivity index (χ0) is 13.8. The van der Waals surface area contributed by atoms with Gasteiger partial charge in [0, 0.05) is 6.20 Å². The van der Waals surface area contributed by atoms with E-state index in [2.05, 4.69) is 10.3 Å². The van der Waals surface area contributed by atoms with Crippen LogP contribution in [-0.4, -0.2) is 16.0 Å². The number of hydrogen-bond acceptors (Lipinski definition) is 3. The third-order valence-corrected chi connectivity index (χ3v) is 2.68. The number of benzene rings is 1. The molecule has 4 nitrogen and oxygen atoms in total. The maximum absolute atomic E-state index is 13.1. The monoisotopic (exact) mass is 260 g/mol. The predicted molar refractivity (Wildman–Crippen MR) is 68.2 cm³/mol. The zero-order valence-corrected chi connectivity index (χ0v) is 10.3. The molecule has 1 amide bonds. The van der Waals surface area contributed by atoms with Crippen LogP contribution in [-0.2, 0) is 0 Å². The summed E-state index contributed by atoms with van der Waals surface area (Å²) in [5.74, 6) is -1.38. The minimum atomic E-state index is -0.576. The van der Waals surface area contributed by atoms with Gasteiger partial charge in [-0.1, -0.05) is 6.07 Å². The van der Waals surface area contributed by atoms with Crippen LogP contribution in [0.5, 0.6) is 5.75 Å². The van der Waals surface area contributed by atoms with E-state index in [1.54, 1.807) is 25.3 Å². The second kappa shape index (κ2) is 5.48. The Morgan fingerprint density at radius 2 is 2.16 bits per heavy atom. The number of aromatic nitrogens is 1. The summed E-state index contributed by atoms with van der Waals surface area (Å²) in [5, 5.41) is 12.2. The number of phenols is 1. The van der Waals surface area contributed by atoms with Crippen molar-refractivity contribution in [2.24, 2.45) is 0 Å². The van der Waals surface area contributed by atoms with Crippen molar-refractivity contribution < 1.29 is 14.3 Å². The summed E-state index contributed by atoms with van der Waals surface area (Å²) in [6.07, 6.45) is 1.62. The maximum atomic E-state index is 13.1. The van der Waals surface area contributed by atoms with Crippen molar-refractivity contribution in [1.29, 1.82) is 0 Å². The van der Waals surface area contributed by atoms with Crippen LogP contribution in [0.2, 0.25) is 0 Å². The quantitative estimate of drug-likeness (QED) is 0.890. The fraction of sp³-hybridized carbons (Fsp3) is 0.143. The SMILES string of the molecule is CC(NC(=O)c1cc(F)ccc1O)c1ccccn1. The molecule has 2 rings (SSSR count). The topological polar surface area (TPSA) is 62.2 Å². The molecule has 0 saturated heterocycles. The number of halogens is 1. The van der Waals surface area contributed by atoms with Crippen molar-refractivity contribution in [3.63, 3.8) is 0 Å².